The van der Waals surface area contributed by atoms with Crippen LogP contribution in [0.2, 0.25) is 0 Å². The average Bonchev–Trinajstić information content (AvgIpc) is 2.77. The molecule has 108 valence electrons. The van der Waals surface area contributed by atoms with Gasteiger partial charge in [-0.25, -0.2) is 13.1 Å². The van der Waals surface area contributed by atoms with Gasteiger partial charge in [-0.15, -0.1) is 0 Å². The fourth-order valence-electron chi connectivity index (χ4n) is 1.64. The molecule has 1 aromatic heterocycles. The molecule has 20 heavy (non-hydrogen) atoms. The van der Waals surface area contributed by atoms with Crippen molar-refractivity contribution >= 4 is 27.5 Å². The summed E-state index contributed by atoms with van der Waals surface area (Å²) in [6, 6.07) is 6.50. The van der Waals surface area contributed by atoms with Crippen LogP contribution < -0.4 is 10.5 Å². The van der Waals surface area contributed by atoms with Crippen LogP contribution in [0, 0.1) is 6.92 Å². The van der Waals surface area contributed by atoms with Crippen molar-refractivity contribution in [1.29, 1.82) is 0 Å². The van der Waals surface area contributed by atoms with Gasteiger partial charge in [0.05, 0.1) is 16.1 Å². The van der Waals surface area contributed by atoms with E-state index in [1.807, 2.05) is 13.0 Å². The van der Waals surface area contributed by atoms with Crippen molar-refractivity contribution < 1.29 is 12.8 Å². The third kappa shape index (κ3) is 3.17. The summed E-state index contributed by atoms with van der Waals surface area (Å²) in [5, 5.41) is 0. The predicted octanol–water partition coefficient (Wildman–Crippen LogP) is 2.62. The van der Waals surface area contributed by atoms with Gasteiger partial charge in [0.1, 0.15) is 5.76 Å². The zero-order chi connectivity index (χ0) is 14.8. The van der Waals surface area contributed by atoms with Crippen molar-refractivity contribution in [3.8, 4) is 0 Å². The Labute approximate surface area is 122 Å². The number of furan rings is 1. The molecule has 0 spiro atoms. The van der Waals surface area contributed by atoms with Gasteiger partial charge < -0.3 is 10.2 Å². The minimum absolute atomic E-state index is 0.206. The van der Waals surface area contributed by atoms with Crippen LogP contribution in [0.15, 0.2) is 49.6 Å². The van der Waals surface area contributed by atoms with E-state index in [0.717, 1.165) is 10.7 Å². The first-order valence-electron chi connectivity index (χ1n) is 6.05. The standard InChI is InChI=1S/C13H16N2O3S2/c1-3-15-20(16,17)10-4-5-11(14)13(8-10)19-12-6-7-18-9(12)2/h4-8,15H,3,14H2,1-2H3. The fraction of sp³-hybridized carbons (Fsp3) is 0.231. The first-order chi connectivity index (χ1) is 9.44. The first kappa shape index (κ1) is 15.0. The molecule has 2 rings (SSSR count). The Morgan fingerprint density at radius 1 is 1.30 bits per heavy atom. The molecule has 0 aliphatic carbocycles. The average molecular weight is 312 g/mol. The maximum absolute atomic E-state index is 12.0. The first-order valence-corrected chi connectivity index (χ1v) is 8.35. The monoisotopic (exact) mass is 312 g/mol. The summed E-state index contributed by atoms with van der Waals surface area (Å²) in [5.74, 6) is 0.773. The molecule has 0 radical (unpaired) electrons. The maximum atomic E-state index is 12.0. The van der Waals surface area contributed by atoms with Crippen LogP contribution >= 0.6 is 11.8 Å². The maximum Gasteiger partial charge on any atom is 0.240 e. The van der Waals surface area contributed by atoms with Gasteiger partial charge in [-0.05, 0) is 31.2 Å². The summed E-state index contributed by atoms with van der Waals surface area (Å²) in [5.41, 5.74) is 6.44. The zero-order valence-corrected chi connectivity index (χ0v) is 12.8. The zero-order valence-electron chi connectivity index (χ0n) is 11.2. The number of benzene rings is 1. The van der Waals surface area contributed by atoms with Gasteiger partial charge >= 0.3 is 0 Å². The molecule has 0 saturated heterocycles. The third-order valence-corrected chi connectivity index (χ3v) is 5.42. The van der Waals surface area contributed by atoms with Gasteiger partial charge in [0, 0.05) is 17.1 Å². The van der Waals surface area contributed by atoms with Crippen LogP contribution in [0.25, 0.3) is 0 Å². The predicted molar refractivity (Wildman–Crippen MR) is 79.3 cm³/mol. The van der Waals surface area contributed by atoms with Crippen molar-refractivity contribution in [3.05, 3.63) is 36.3 Å². The lowest BCUT2D eigenvalue weighted by molar-refractivity contribution is 0.527. The molecule has 0 aliphatic heterocycles. The van der Waals surface area contributed by atoms with Gasteiger partial charge in [0.25, 0.3) is 0 Å². The number of nitrogens with one attached hydrogen (secondary N) is 1. The Kier molecular flexibility index (Phi) is 4.42. The third-order valence-electron chi connectivity index (χ3n) is 2.66. The molecule has 0 unspecified atom stereocenters. The molecule has 7 heteroatoms. The molecule has 0 fully saturated rings. The van der Waals surface area contributed by atoms with Crippen LogP contribution in [0.4, 0.5) is 5.69 Å². The van der Waals surface area contributed by atoms with Gasteiger partial charge in [0.2, 0.25) is 10.0 Å². The molecule has 0 saturated carbocycles. The summed E-state index contributed by atoms with van der Waals surface area (Å²) in [6.45, 7) is 3.92. The number of anilines is 1. The van der Waals surface area contributed by atoms with Gasteiger partial charge in [-0.1, -0.05) is 18.7 Å². The smallest absolute Gasteiger partial charge is 0.240 e. The van der Waals surface area contributed by atoms with E-state index < -0.39 is 10.0 Å². The van der Waals surface area contributed by atoms with Crippen LogP contribution in [-0.4, -0.2) is 15.0 Å². The Morgan fingerprint density at radius 2 is 2.05 bits per heavy atom. The highest BCUT2D eigenvalue weighted by Crippen LogP contribution is 2.35. The molecule has 0 bridgehead atoms. The summed E-state index contributed by atoms with van der Waals surface area (Å²) in [7, 11) is -3.48. The molecular formula is C13H16N2O3S2. The second-order valence-corrected chi connectivity index (χ2v) is 6.99. The molecule has 0 aliphatic rings. The van der Waals surface area contributed by atoms with E-state index in [1.165, 1.54) is 17.8 Å². The molecule has 0 amide bonds. The molecule has 2 aromatic rings. The molecule has 0 atom stereocenters. The Morgan fingerprint density at radius 3 is 2.65 bits per heavy atom. The summed E-state index contributed by atoms with van der Waals surface area (Å²) < 4.78 is 31.6. The van der Waals surface area contributed by atoms with E-state index in [-0.39, 0.29) is 4.90 Å². The number of nitrogens with two attached hydrogens (primary N) is 1. The number of sulfonamides is 1. The highest BCUT2D eigenvalue weighted by atomic mass is 32.2. The molecule has 3 N–H and O–H groups in total. The van der Waals surface area contributed by atoms with Crippen LogP contribution in [0.3, 0.4) is 0 Å². The lowest BCUT2D eigenvalue weighted by Crippen LogP contribution is -2.23. The van der Waals surface area contributed by atoms with Crippen molar-refractivity contribution in [2.45, 2.75) is 28.5 Å². The summed E-state index contributed by atoms with van der Waals surface area (Å²) >= 11 is 1.38. The highest BCUT2D eigenvalue weighted by molar-refractivity contribution is 7.99. The molecule has 1 aromatic carbocycles. The van der Waals surface area contributed by atoms with E-state index in [9.17, 15) is 8.42 Å². The van der Waals surface area contributed by atoms with E-state index in [1.54, 1.807) is 25.3 Å². The lowest BCUT2D eigenvalue weighted by atomic mass is 10.3. The number of aryl methyl sites for hydroxylation is 1. The van der Waals surface area contributed by atoms with Crippen molar-refractivity contribution in [1.82, 2.24) is 4.72 Å². The normalized spacial score (nSPS) is 11.7. The van der Waals surface area contributed by atoms with Crippen molar-refractivity contribution in [3.63, 3.8) is 0 Å². The van der Waals surface area contributed by atoms with E-state index in [4.69, 9.17) is 10.2 Å². The van der Waals surface area contributed by atoms with Crippen molar-refractivity contribution in [2.75, 3.05) is 12.3 Å². The lowest BCUT2D eigenvalue weighted by Gasteiger charge is -2.09. The van der Waals surface area contributed by atoms with E-state index >= 15 is 0 Å². The quantitative estimate of drug-likeness (QED) is 0.829. The number of nitrogen functional groups attached to an aromatic ring is 1. The molecule has 5 nitrogen and oxygen atoms in total. The fourth-order valence-corrected chi connectivity index (χ4v) is 3.71. The molecular weight excluding hydrogens is 296 g/mol. The Balaban J connectivity index is 2.37. The van der Waals surface area contributed by atoms with E-state index in [2.05, 4.69) is 4.72 Å². The molecule has 1 heterocycles. The topological polar surface area (TPSA) is 85.3 Å². The van der Waals surface area contributed by atoms with Crippen LogP contribution in [0.1, 0.15) is 12.7 Å². The second kappa shape index (κ2) is 5.90. The summed E-state index contributed by atoms with van der Waals surface area (Å²) in [6.07, 6.45) is 1.59. The SMILES string of the molecule is CCNS(=O)(=O)c1ccc(N)c(Sc2ccoc2C)c1. The summed E-state index contributed by atoms with van der Waals surface area (Å²) in [4.78, 5) is 1.81. The Hall–Kier alpha value is -1.44. The van der Waals surface area contributed by atoms with Crippen LogP contribution in [-0.2, 0) is 10.0 Å². The van der Waals surface area contributed by atoms with Gasteiger partial charge in [-0.3, -0.25) is 0 Å². The number of rotatable bonds is 5. The number of hydrogen-bond donors (Lipinski definition) is 2. The minimum atomic E-state index is -3.48. The van der Waals surface area contributed by atoms with Crippen molar-refractivity contribution in [2.24, 2.45) is 0 Å². The minimum Gasteiger partial charge on any atom is -0.468 e. The van der Waals surface area contributed by atoms with E-state index in [0.29, 0.717) is 17.1 Å². The second-order valence-electron chi connectivity index (χ2n) is 4.14. The van der Waals surface area contributed by atoms with Gasteiger partial charge in [0.15, 0.2) is 0 Å². The Bertz CT molecular complexity index is 708. The highest BCUT2D eigenvalue weighted by Gasteiger charge is 2.15. The largest absolute Gasteiger partial charge is 0.468 e. The van der Waals surface area contributed by atoms with Crippen LogP contribution in [0.5, 0.6) is 0 Å². The van der Waals surface area contributed by atoms with Gasteiger partial charge in [-0.2, -0.15) is 0 Å². The number of hydrogen-bond acceptors (Lipinski definition) is 5.